The summed E-state index contributed by atoms with van der Waals surface area (Å²) in [5.41, 5.74) is 2.79. The highest BCUT2D eigenvalue weighted by molar-refractivity contribution is 6.09. The van der Waals surface area contributed by atoms with E-state index in [1.165, 1.54) is 6.08 Å². The lowest BCUT2D eigenvalue weighted by atomic mass is 9.99. The molecular weight excluding hydrogens is 284 g/mol. The molecule has 0 aromatic heterocycles. The van der Waals surface area contributed by atoms with Crippen LogP contribution in [0.5, 0.6) is 5.75 Å². The van der Waals surface area contributed by atoms with Gasteiger partial charge in [0.2, 0.25) is 0 Å². The maximum Gasteiger partial charge on any atom is 0.189 e. The van der Waals surface area contributed by atoms with E-state index < -0.39 is 0 Å². The first-order valence-electron chi connectivity index (χ1n) is 7.40. The van der Waals surface area contributed by atoms with Crippen molar-refractivity contribution in [1.29, 1.82) is 0 Å². The Morgan fingerprint density at radius 2 is 1.43 bits per heavy atom. The first-order chi connectivity index (χ1) is 11.3. The lowest BCUT2D eigenvalue weighted by Crippen LogP contribution is -1.96. The normalized spacial score (nSPS) is 10.8. The van der Waals surface area contributed by atoms with Crippen LogP contribution in [-0.4, -0.2) is 10.9 Å². The molecule has 1 N–H and O–H groups in total. The van der Waals surface area contributed by atoms with Crippen molar-refractivity contribution in [3.63, 3.8) is 0 Å². The average molecular weight is 300 g/mol. The minimum Gasteiger partial charge on any atom is -0.507 e. The van der Waals surface area contributed by atoms with E-state index in [4.69, 9.17) is 0 Å². The van der Waals surface area contributed by atoms with Gasteiger partial charge >= 0.3 is 0 Å². The van der Waals surface area contributed by atoms with Crippen molar-refractivity contribution in [2.24, 2.45) is 0 Å². The molecule has 0 spiro atoms. The van der Waals surface area contributed by atoms with Gasteiger partial charge in [-0.3, -0.25) is 4.79 Å². The van der Waals surface area contributed by atoms with Gasteiger partial charge < -0.3 is 5.11 Å². The Hall–Kier alpha value is -3.13. The van der Waals surface area contributed by atoms with Crippen LogP contribution in [0.1, 0.15) is 15.9 Å². The molecule has 112 valence electrons. The monoisotopic (exact) mass is 300 g/mol. The van der Waals surface area contributed by atoms with Crippen molar-refractivity contribution >= 4 is 11.9 Å². The van der Waals surface area contributed by atoms with Gasteiger partial charge in [-0.15, -0.1) is 0 Å². The number of ketones is 1. The molecule has 23 heavy (non-hydrogen) atoms. The average Bonchev–Trinajstić information content (AvgIpc) is 2.61. The molecule has 0 amide bonds. The summed E-state index contributed by atoms with van der Waals surface area (Å²) in [5.74, 6) is -0.203. The summed E-state index contributed by atoms with van der Waals surface area (Å²) in [7, 11) is 0. The third-order valence-corrected chi connectivity index (χ3v) is 3.61. The summed E-state index contributed by atoms with van der Waals surface area (Å²) < 4.78 is 0. The molecule has 0 aliphatic carbocycles. The van der Waals surface area contributed by atoms with E-state index >= 15 is 0 Å². The van der Waals surface area contributed by atoms with E-state index in [1.807, 2.05) is 66.7 Å². The fraction of sp³-hybridized carbons (Fsp3) is 0. The highest BCUT2D eigenvalue weighted by atomic mass is 16.3. The SMILES string of the molecule is O=C(/C=C/c1ccccc1)c1cccc(-c2ccccc2)c1O. The second kappa shape index (κ2) is 6.75. The minimum absolute atomic E-state index is 0.0152. The molecule has 0 saturated heterocycles. The van der Waals surface area contributed by atoms with E-state index in [9.17, 15) is 9.90 Å². The largest absolute Gasteiger partial charge is 0.507 e. The molecule has 0 radical (unpaired) electrons. The molecule has 2 nitrogen and oxygen atoms in total. The molecule has 0 unspecified atom stereocenters. The number of carbonyl (C=O) groups is 1. The standard InChI is InChI=1S/C21H16O2/c22-20(15-14-16-8-3-1-4-9-16)19-13-7-12-18(21(19)23)17-10-5-2-6-11-17/h1-15,23H/b15-14+. The number of benzene rings is 3. The number of phenolic OH excluding ortho intramolecular Hbond substituents is 1. The smallest absolute Gasteiger partial charge is 0.189 e. The highest BCUT2D eigenvalue weighted by Crippen LogP contribution is 2.32. The topological polar surface area (TPSA) is 37.3 Å². The molecule has 2 heteroatoms. The van der Waals surface area contributed by atoms with Gasteiger partial charge in [0.1, 0.15) is 5.75 Å². The summed E-state index contributed by atoms with van der Waals surface area (Å²) in [6.45, 7) is 0. The summed E-state index contributed by atoms with van der Waals surface area (Å²) in [5, 5.41) is 10.5. The van der Waals surface area contributed by atoms with E-state index in [2.05, 4.69) is 0 Å². The molecule has 0 aliphatic rings. The number of carbonyl (C=O) groups excluding carboxylic acids is 1. The number of para-hydroxylation sites is 1. The maximum absolute atomic E-state index is 12.4. The fourth-order valence-corrected chi connectivity index (χ4v) is 2.42. The quantitative estimate of drug-likeness (QED) is 0.546. The minimum atomic E-state index is -0.218. The van der Waals surface area contributed by atoms with Gasteiger partial charge in [-0.1, -0.05) is 78.9 Å². The van der Waals surface area contributed by atoms with E-state index in [0.29, 0.717) is 11.1 Å². The van der Waals surface area contributed by atoms with Crippen LogP contribution in [-0.2, 0) is 0 Å². The van der Waals surface area contributed by atoms with Crippen molar-refractivity contribution in [3.8, 4) is 16.9 Å². The van der Waals surface area contributed by atoms with Crippen molar-refractivity contribution in [3.05, 3.63) is 96.1 Å². The van der Waals surface area contributed by atoms with Crippen LogP contribution in [0, 0.1) is 0 Å². The summed E-state index contributed by atoms with van der Waals surface area (Å²) in [4.78, 5) is 12.4. The van der Waals surface area contributed by atoms with Gasteiger partial charge in [0.25, 0.3) is 0 Å². The zero-order valence-corrected chi connectivity index (χ0v) is 12.5. The van der Waals surface area contributed by atoms with Crippen LogP contribution in [0.4, 0.5) is 0 Å². The summed E-state index contributed by atoms with van der Waals surface area (Å²) in [6.07, 6.45) is 3.23. The molecule has 0 atom stereocenters. The van der Waals surface area contributed by atoms with Crippen LogP contribution in [0.2, 0.25) is 0 Å². The molecule has 3 aromatic rings. The van der Waals surface area contributed by atoms with E-state index in [-0.39, 0.29) is 11.5 Å². The molecule has 0 fully saturated rings. The van der Waals surface area contributed by atoms with Crippen LogP contribution < -0.4 is 0 Å². The van der Waals surface area contributed by atoms with Crippen LogP contribution in [0.25, 0.3) is 17.2 Å². The van der Waals surface area contributed by atoms with E-state index in [1.54, 1.807) is 18.2 Å². The molecule has 0 saturated carbocycles. The molecule has 3 aromatic carbocycles. The third kappa shape index (κ3) is 3.38. The molecule has 0 aliphatic heterocycles. The van der Waals surface area contributed by atoms with Crippen molar-refractivity contribution < 1.29 is 9.90 Å². The van der Waals surface area contributed by atoms with Gasteiger partial charge in [-0.25, -0.2) is 0 Å². The van der Waals surface area contributed by atoms with Crippen LogP contribution in [0.3, 0.4) is 0 Å². The van der Waals surface area contributed by atoms with Crippen LogP contribution in [0.15, 0.2) is 84.9 Å². The predicted molar refractivity (Wildman–Crippen MR) is 93.3 cm³/mol. The first kappa shape index (κ1) is 14.8. The lowest BCUT2D eigenvalue weighted by Gasteiger charge is -2.08. The highest BCUT2D eigenvalue weighted by Gasteiger charge is 2.13. The Kier molecular flexibility index (Phi) is 4.34. The zero-order chi connectivity index (χ0) is 16.1. The Labute approximate surface area is 135 Å². The molecule has 0 bridgehead atoms. The molecular formula is C21H16O2. The maximum atomic E-state index is 12.4. The number of phenols is 1. The van der Waals surface area contributed by atoms with Crippen molar-refractivity contribution in [1.82, 2.24) is 0 Å². The van der Waals surface area contributed by atoms with E-state index in [0.717, 1.165) is 11.1 Å². The molecule has 0 heterocycles. The number of allylic oxidation sites excluding steroid dienone is 1. The van der Waals surface area contributed by atoms with Gasteiger partial charge in [-0.05, 0) is 23.3 Å². The Bertz CT molecular complexity index is 834. The third-order valence-electron chi connectivity index (χ3n) is 3.61. The van der Waals surface area contributed by atoms with Crippen LogP contribution >= 0.6 is 0 Å². The molecule has 3 rings (SSSR count). The number of hydrogen-bond acceptors (Lipinski definition) is 2. The second-order valence-corrected chi connectivity index (χ2v) is 5.18. The predicted octanol–water partition coefficient (Wildman–Crippen LogP) is 4.96. The lowest BCUT2D eigenvalue weighted by molar-refractivity contribution is 0.104. The Morgan fingerprint density at radius 3 is 2.13 bits per heavy atom. The number of aromatic hydroxyl groups is 1. The fourth-order valence-electron chi connectivity index (χ4n) is 2.42. The van der Waals surface area contributed by atoms with Gasteiger partial charge in [0.05, 0.1) is 5.56 Å². The van der Waals surface area contributed by atoms with Gasteiger partial charge in [0.15, 0.2) is 5.78 Å². The van der Waals surface area contributed by atoms with Gasteiger partial charge in [-0.2, -0.15) is 0 Å². The second-order valence-electron chi connectivity index (χ2n) is 5.18. The summed E-state index contributed by atoms with van der Waals surface area (Å²) in [6, 6.07) is 24.4. The number of rotatable bonds is 4. The number of hydrogen-bond donors (Lipinski definition) is 1. The first-order valence-corrected chi connectivity index (χ1v) is 7.40. The Balaban J connectivity index is 1.92. The summed E-state index contributed by atoms with van der Waals surface area (Å²) >= 11 is 0. The van der Waals surface area contributed by atoms with Crippen molar-refractivity contribution in [2.75, 3.05) is 0 Å². The zero-order valence-electron chi connectivity index (χ0n) is 12.5. The van der Waals surface area contributed by atoms with Gasteiger partial charge in [0, 0.05) is 5.56 Å². The van der Waals surface area contributed by atoms with Crippen molar-refractivity contribution in [2.45, 2.75) is 0 Å². The Morgan fingerprint density at radius 1 is 0.783 bits per heavy atom.